The van der Waals surface area contributed by atoms with Crippen molar-refractivity contribution in [3.05, 3.63) is 65.9 Å². The van der Waals surface area contributed by atoms with Gasteiger partial charge in [0.05, 0.1) is 10.5 Å². The second-order valence-electron chi connectivity index (χ2n) is 5.99. The molecule has 0 unspecified atom stereocenters. The van der Waals surface area contributed by atoms with E-state index in [0.29, 0.717) is 10.9 Å². The molecule has 0 aliphatic carbocycles. The van der Waals surface area contributed by atoms with Crippen LogP contribution in [0.15, 0.2) is 59.6 Å². The number of ether oxygens (including phenoxy) is 1. The molecule has 0 saturated heterocycles. The fourth-order valence-corrected chi connectivity index (χ4v) is 3.38. The highest BCUT2D eigenvalue weighted by atomic mass is 32.2. The standard InChI is InChI=1S/C19H15F2NO5S/c1-11(17(23)15-10-22-16-5-3-2-4-14(15)16)27-18(24)12-6-8-13(9-7-12)28(25,26)19(20)21/h2-11,19,22H,1H3/t11-/m0/s1. The van der Waals surface area contributed by atoms with Gasteiger partial charge >= 0.3 is 11.7 Å². The summed E-state index contributed by atoms with van der Waals surface area (Å²) in [6.45, 7) is 1.41. The van der Waals surface area contributed by atoms with Crippen LogP contribution in [0.2, 0.25) is 0 Å². The lowest BCUT2D eigenvalue weighted by Crippen LogP contribution is -2.24. The van der Waals surface area contributed by atoms with E-state index >= 15 is 0 Å². The summed E-state index contributed by atoms with van der Waals surface area (Å²) in [5, 5.41) is 0.692. The van der Waals surface area contributed by atoms with E-state index < -0.39 is 38.3 Å². The van der Waals surface area contributed by atoms with Crippen molar-refractivity contribution in [2.24, 2.45) is 0 Å². The number of hydrogen-bond donors (Lipinski definition) is 1. The molecule has 3 rings (SSSR count). The summed E-state index contributed by atoms with van der Waals surface area (Å²) in [4.78, 5) is 27.1. The largest absolute Gasteiger partial charge is 0.451 e. The molecular formula is C19H15F2NO5S. The fourth-order valence-electron chi connectivity index (χ4n) is 2.66. The second-order valence-corrected chi connectivity index (χ2v) is 7.91. The molecule has 1 atom stereocenters. The third-order valence-corrected chi connectivity index (χ3v) is 5.56. The van der Waals surface area contributed by atoms with E-state index in [1.54, 1.807) is 18.2 Å². The Morgan fingerprint density at radius 3 is 2.32 bits per heavy atom. The molecule has 1 N–H and O–H groups in total. The minimum Gasteiger partial charge on any atom is -0.451 e. The number of Topliss-reactive ketones (excluding diaryl/α,β-unsaturated/α-hetero) is 1. The van der Waals surface area contributed by atoms with E-state index in [9.17, 15) is 26.8 Å². The van der Waals surface area contributed by atoms with E-state index in [1.165, 1.54) is 13.1 Å². The summed E-state index contributed by atoms with van der Waals surface area (Å²) in [7, 11) is -4.75. The van der Waals surface area contributed by atoms with Crippen LogP contribution in [0.5, 0.6) is 0 Å². The molecule has 6 nitrogen and oxygen atoms in total. The van der Waals surface area contributed by atoms with E-state index in [0.717, 1.165) is 29.8 Å². The number of carbonyl (C=O) groups is 2. The van der Waals surface area contributed by atoms with Crippen LogP contribution in [0.1, 0.15) is 27.6 Å². The average molecular weight is 407 g/mol. The second kappa shape index (κ2) is 7.51. The summed E-state index contributed by atoms with van der Waals surface area (Å²) < 4.78 is 53.0. The zero-order valence-electron chi connectivity index (χ0n) is 14.6. The summed E-state index contributed by atoms with van der Waals surface area (Å²) >= 11 is 0. The number of H-pyrrole nitrogens is 1. The minimum absolute atomic E-state index is 0.0632. The number of aromatic nitrogens is 1. The summed E-state index contributed by atoms with van der Waals surface area (Å²) in [6.07, 6.45) is 0.428. The molecule has 2 aromatic carbocycles. The molecule has 0 amide bonds. The van der Waals surface area contributed by atoms with Crippen molar-refractivity contribution in [2.75, 3.05) is 0 Å². The highest BCUT2D eigenvalue weighted by Crippen LogP contribution is 2.21. The molecule has 146 valence electrons. The predicted molar refractivity (Wildman–Crippen MR) is 97.1 cm³/mol. The topological polar surface area (TPSA) is 93.3 Å². The Balaban J connectivity index is 1.74. The van der Waals surface area contributed by atoms with Gasteiger partial charge in [-0.2, -0.15) is 8.78 Å². The number of carbonyl (C=O) groups excluding carboxylic acids is 2. The SMILES string of the molecule is C[C@H](OC(=O)c1ccc(S(=O)(=O)C(F)F)cc1)C(=O)c1c[nH]c2ccccc12. The van der Waals surface area contributed by atoms with Gasteiger partial charge in [-0.15, -0.1) is 0 Å². The lowest BCUT2D eigenvalue weighted by Gasteiger charge is -2.12. The molecule has 1 aromatic heterocycles. The molecular weight excluding hydrogens is 392 g/mol. The van der Waals surface area contributed by atoms with Crippen LogP contribution >= 0.6 is 0 Å². The number of para-hydroxylation sites is 1. The van der Waals surface area contributed by atoms with Gasteiger partial charge in [0.15, 0.2) is 6.10 Å². The van der Waals surface area contributed by atoms with Gasteiger partial charge in [-0.3, -0.25) is 4.79 Å². The Labute approximate surface area is 159 Å². The normalized spacial score (nSPS) is 12.9. The van der Waals surface area contributed by atoms with Crippen LogP contribution in [-0.2, 0) is 14.6 Å². The highest BCUT2D eigenvalue weighted by Gasteiger charge is 2.27. The van der Waals surface area contributed by atoms with E-state index in [1.807, 2.05) is 6.07 Å². The number of rotatable bonds is 6. The zero-order valence-corrected chi connectivity index (χ0v) is 15.4. The van der Waals surface area contributed by atoms with Crippen molar-refractivity contribution < 1.29 is 31.5 Å². The molecule has 0 radical (unpaired) electrons. The number of ketones is 1. The van der Waals surface area contributed by atoms with Gasteiger partial charge in [-0.1, -0.05) is 18.2 Å². The summed E-state index contributed by atoms with van der Waals surface area (Å²) in [6, 6.07) is 11.1. The van der Waals surface area contributed by atoms with Gasteiger partial charge in [0, 0.05) is 22.7 Å². The molecule has 0 saturated carbocycles. The maximum absolute atomic E-state index is 12.6. The van der Waals surface area contributed by atoms with E-state index in [-0.39, 0.29) is 5.56 Å². The van der Waals surface area contributed by atoms with Crippen molar-refractivity contribution in [3.63, 3.8) is 0 Å². The van der Waals surface area contributed by atoms with Crippen LogP contribution in [0.25, 0.3) is 10.9 Å². The van der Waals surface area contributed by atoms with Crippen LogP contribution in [-0.4, -0.2) is 37.0 Å². The number of esters is 1. The third-order valence-electron chi connectivity index (χ3n) is 4.16. The smallest absolute Gasteiger partial charge is 0.341 e. The number of benzene rings is 2. The third kappa shape index (κ3) is 3.65. The minimum atomic E-state index is -4.75. The Morgan fingerprint density at radius 1 is 1.04 bits per heavy atom. The van der Waals surface area contributed by atoms with Crippen LogP contribution in [0.4, 0.5) is 8.78 Å². The molecule has 0 aliphatic heterocycles. The molecule has 0 fully saturated rings. The van der Waals surface area contributed by atoms with Gasteiger partial charge in [-0.25, -0.2) is 13.2 Å². The van der Waals surface area contributed by atoms with Crippen molar-refractivity contribution >= 4 is 32.5 Å². The maximum atomic E-state index is 12.6. The molecule has 3 aromatic rings. The van der Waals surface area contributed by atoms with Gasteiger partial charge in [0.1, 0.15) is 0 Å². The Bertz CT molecular complexity index is 1140. The molecule has 28 heavy (non-hydrogen) atoms. The Hall–Kier alpha value is -3.07. The molecule has 9 heteroatoms. The number of halogens is 2. The number of sulfone groups is 1. The van der Waals surface area contributed by atoms with Gasteiger partial charge in [0.25, 0.3) is 0 Å². The first-order valence-corrected chi connectivity index (χ1v) is 9.70. The van der Waals surface area contributed by atoms with Crippen molar-refractivity contribution in [3.8, 4) is 0 Å². The molecule has 0 spiro atoms. The maximum Gasteiger partial charge on any atom is 0.341 e. The summed E-state index contributed by atoms with van der Waals surface area (Å²) in [5.41, 5.74) is 1.07. The van der Waals surface area contributed by atoms with E-state index in [4.69, 9.17) is 4.74 Å². The fraction of sp³-hybridized carbons (Fsp3) is 0.158. The van der Waals surface area contributed by atoms with Crippen molar-refractivity contribution in [1.29, 1.82) is 0 Å². The van der Waals surface area contributed by atoms with Crippen LogP contribution in [0.3, 0.4) is 0 Å². The number of alkyl halides is 2. The highest BCUT2D eigenvalue weighted by molar-refractivity contribution is 7.91. The lowest BCUT2D eigenvalue weighted by atomic mass is 10.1. The first kappa shape index (κ1) is 19.7. The number of aromatic amines is 1. The number of fused-ring (bicyclic) bond motifs is 1. The van der Waals surface area contributed by atoms with Gasteiger partial charge in [-0.05, 0) is 37.3 Å². The van der Waals surface area contributed by atoms with Crippen molar-refractivity contribution in [1.82, 2.24) is 4.98 Å². The van der Waals surface area contributed by atoms with Gasteiger partial charge in [0.2, 0.25) is 15.6 Å². The average Bonchev–Trinajstić information content (AvgIpc) is 3.11. The Kier molecular flexibility index (Phi) is 5.28. The van der Waals surface area contributed by atoms with Crippen molar-refractivity contribution in [2.45, 2.75) is 23.7 Å². The zero-order chi connectivity index (χ0) is 20.5. The molecule has 1 heterocycles. The van der Waals surface area contributed by atoms with Gasteiger partial charge < -0.3 is 9.72 Å². The Morgan fingerprint density at radius 2 is 1.68 bits per heavy atom. The number of hydrogen-bond acceptors (Lipinski definition) is 5. The summed E-state index contributed by atoms with van der Waals surface area (Å²) in [5.74, 6) is -4.84. The van der Waals surface area contributed by atoms with Crippen LogP contribution in [0, 0.1) is 0 Å². The monoisotopic (exact) mass is 407 g/mol. The number of nitrogens with one attached hydrogen (secondary N) is 1. The predicted octanol–water partition coefficient (Wildman–Crippen LogP) is 3.59. The van der Waals surface area contributed by atoms with E-state index in [2.05, 4.69) is 4.98 Å². The molecule has 0 bridgehead atoms. The molecule has 0 aliphatic rings. The lowest BCUT2D eigenvalue weighted by molar-refractivity contribution is 0.0319. The van der Waals surface area contributed by atoms with Crippen LogP contribution < -0.4 is 0 Å². The first-order valence-electron chi connectivity index (χ1n) is 8.15. The quantitative estimate of drug-likeness (QED) is 0.498. The first-order chi connectivity index (χ1) is 13.2.